The molecule has 2 N–H and O–H groups in total. The van der Waals surface area contributed by atoms with Gasteiger partial charge in [-0.3, -0.25) is 4.98 Å². The molecular formula is C19H20N4O. The van der Waals surface area contributed by atoms with Gasteiger partial charge >= 0.3 is 6.03 Å². The number of aromatic nitrogens is 1. The summed E-state index contributed by atoms with van der Waals surface area (Å²) in [6.45, 7) is 0.470. The summed E-state index contributed by atoms with van der Waals surface area (Å²) in [5.41, 5.74) is 3.66. The van der Waals surface area contributed by atoms with Crippen LogP contribution < -0.4 is 15.5 Å². The lowest BCUT2D eigenvalue weighted by atomic mass is 10.2. The Morgan fingerprint density at radius 2 is 1.79 bits per heavy atom. The zero-order valence-corrected chi connectivity index (χ0v) is 13.8. The molecule has 1 heterocycles. The van der Waals surface area contributed by atoms with Crippen LogP contribution in [-0.4, -0.2) is 25.1 Å². The van der Waals surface area contributed by atoms with E-state index in [1.165, 1.54) is 0 Å². The van der Waals surface area contributed by atoms with Gasteiger partial charge in [0.15, 0.2) is 0 Å². The average Bonchev–Trinajstić information content (AvgIpc) is 2.61. The minimum Gasteiger partial charge on any atom is -0.378 e. The molecule has 0 saturated carbocycles. The fourth-order valence-electron chi connectivity index (χ4n) is 2.47. The molecule has 122 valence electrons. The lowest BCUT2D eigenvalue weighted by Crippen LogP contribution is -2.28. The van der Waals surface area contributed by atoms with Crippen molar-refractivity contribution < 1.29 is 4.79 Å². The number of hydrogen-bond acceptors (Lipinski definition) is 3. The maximum atomic E-state index is 12.1. The van der Waals surface area contributed by atoms with Crippen LogP contribution in [-0.2, 0) is 6.54 Å². The Bertz CT molecular complexity index is 838. The van der Waals surface area contributed by atoms with E-state index in [1.807, 2.05) is 73.6 Å². The number of benzene rings is 2. The molecule has 5 heteroatoms. The number of amides is 2. The first-order valence-electron chi connectivity index (χ1n) is 7.78. The van der Waals surface area contributed by atoms with Crippen molar-refractivity contribution in [3.05, 3.63) is 66.4 Å². The van der Waals surface area contributed by atoms with E-state index in [0.717, 1.165) is 22.2 Å². The van der Waals surface area contributed by atoms with Crippen molar-refractivity contribution in [1.82, 2.24) is 10.3 Å². The number of fused-ring (bicyclic) bond motifs is 1. The summed E-state index contributed by atoms with van der Waals surface area (Å²) in [6.07, 6.45) is 1.72. The van der Waals surface area contributed by atoms with Gasteiger partial charge in [-0.2, -0.15) is 0 Å². The third-order valence-electron chi connectivity index (χ3n) is 3.79. The number of nitrogens with zero attached hydrogens (tertiary/aromatic N) is 2. The lowest BCUT2D eigenvalue weighted by Gasteiger charge is -2.13. The van der Waals surface area contributed by atoms with E-state index in [4.69, 9.17) is 0 Å². The average molecular weight is 320 g/mol. The van der Waals surface area contributed by atoms with Crippen molar-refractivity contribution in [3.63, 3.8) is 0 Å². The van der Waals surface area contributed by atoms with Crippen LogP contribution in [0.5, 0.6) is 0 Å². The molecule has 5 nitrogen and oxygen atoms in total. The molecule has 24 heavy (non-hydrogen) atoms. The van der Waals surface area contributed by atoms with Gasteiger partial charge < -0.3 is 15.5 Å². The number of carbonyl (C=O) groups excluding carboxylic acids is 1. The smallest absolute Gasteiger partial charge is 0.319 e. The van der Waals surface area contributed by atoms with Gasteiger partial charge in [0.1, 0.15) is 0 Å². The molecule has 1 aromatic heterocycles. The molecule has 0 spiro atoms. The highest BCUT2D eigenvalue weighted by molar-refractivity contribution is 5.99. The van der Waals surface area contributed by atoms with E-state index in [-0.39, 0.29) is 6.03 Å². The van der Waals surface area contributed by atoms with Crippen molar-refractivity contribution in [2.24, 2.45) is 0 Å². The largest absolute Gasteiger partial charge is 0.378 e. The summed E-state index contributed by atoms with van der Waals surface area (Å²) in [4.78, 5) is 18.5. The Labute approximate surface area is 141 Å². The molecule has 0 bridgehead atoms. The molecular weight excluding hydrogens is 300 g/mol. The Balaban J connectivity index is 1.63. The van der Waals surface area contributed by atoms with Crippen molar-refractivity contribution in [2.45, 2.75) is 6.54 Å². The molecule has 0 unspecified atom stereocenters. The number of para-hydroxylation sites is 1. The standard InChI is InChI=1S/C19H20N4O/c1-23(2)16-10-8-14(9-11-16)13-21-19(24)22-17-7-3-5-15-6-4-12-20-18(15)17/h3-12H,13H2,1-2H3,(H2,21,22,24). The van der Waals surface area contributed by atoms with E-state index < -0.39 is 0 Å². The van der Waals surface area contributed by atoms with Crippen LogP contribution in [0.2, 0.25) is 0 Å². The minimum absolute atomic E-state index is 0.246. The summed E-state index contributed by atoms with van der Waals surface area (Å²) >= 11 is 0. The summed E-state index contributed by atoms with van der Waals surface area (Å²) in [5, 5.41) is 6.73. The van der Waals surface area contributed by atoms with E-state index in [2.05, 4.69) is 15.6 Å². The predicted molar refractivity (Wildman–Crippen MR) is 98.4 cm³/mol. The van der Waals surface area contributed by atoms with E-state index in [0.29, 0.717) is 12.2 Å². The zero-order valence-electron chi connectivity index (χ0n) is 13.8. The summed E-state index contributed by atoms with van der Waals surface area (Å²) < 4.78 is 0. The second-order valence-electron chi connectivity index (χ2n) is 5.75. The fraction of sp³-hybridized carbons (Fsp3) is 0.158. The SMILES string of the molecule is CN(C)c1ccc(CNC(=O)Nc2cccc3cccnc23)cc1. The zero-order chi connectivity index (χ0) is 16.9. The van der Waals surface area contributed by atoms with Gasteiger partial charge in [0.25, 0.3) is 0 Å². The monoisotopic (exact) mass is 320 g/mol. The van der Waals surface area contributed by atoms with Gasteiger partial charge in [-0.25, -0.2) is 4.79 Å². The Morgan fingerprint density at radius 1 is 1.04 bits per heavy atom. The Hall–Kier alpha value is -3.08. The summed E-state index contributed by atoms with van der Waals surface area (Å²) in [5.74, 6) is 0. The molecule has 3 aromatic rings. The number of urea groups is 1. The molecule has 2 aromatic carbocycles. The molecule has 0 saturated heterocycles. The topological polar surface area (TPSA) is 57.3 Å². The summed E-state index contributed by atoms with van der Waals surface area (Å²) in [7, 11) is 4.00. The van der Waals surface area contributed by atoms with E-state index in [1.54, 1.807) is 6.20 Å². The van der Waals surface area contributed by atoms with Crippen LogP contribution in [0.4, 0.5) is 16.2 Å². The number of anilines is 2. The number of rotatable bonds is 4. The van der Waals surface area contributed by atoms with E-state index in [9.17, 15) is 4.79 Å². The summed E-state index contributed by atoms with van der Waals surface area (Å²) in [6, 6.07) is 17.4. The maximum absolute atomic E-state index is 12.1. The van der Waals surface area contributed by atoms with Crippen LogP contribution in [0.1, 0.15) is 5.56 Å². The van der Waals surface area contributed by atoms with Crippen molar-refractivity contribution in [3.8, 4) is 0 Å². The molecule has 2 amide bonds. The molecule has 0 radical (unpaired) electrons. The number of pyridine rings is 1. The number of hydrogen-bond donors (Lipinski definition) is 2. The normalized spacial score (nSPS) is 10.4. The van der Waals surface area contributed by atoms with Gasteiger partial charge in [0.2, 0.25) is 0 Å². The third kappa shape index (κ3) is 3.63. The van der Waals surface area contributed by atoms with Crippen LogP contribution in [0.15, 0.2) is 60.8 Å². The fourth-order valence-corrected chi connectivity index (χ4v) is 2.47. The second kappa shape index (κ2) is 7.00. The predicted octanol–water partition coefficient (Wildman–Crippen LogP) is 3.62. The highest BCUT2D eigenvalue weighted by atomic mass is 16.2. The van der Waals surface area contributed by atoms with Crippen LogP contribution in [0.3, 0.4) is 0 Å². The molecule has 0 aliphatic carbocycles. The van der Waals surface area contributed by atoms with Gasteiger partial charge in [-0.15, -0.1) is 0 Å². The van der Waals surface area contributed by atoms with Crippen molar-refractivity contribution >= 4 is 28.3 Å². The highest BCUT2D eigenvalue weighted by Crippen LogP contribution is 2.20. The van der Waals surface area contributed by atoms with Crippen LogP contribution in [0, 0.1) is 0 Å². The quantitative estimate of drug-likeness (QED) is 0.772. The van der Waals surface area contributed by atoms with Crippen molar-refractivity contribution in [2.75, 3.05) is 24.3 Å². The van der Waals surface area contributed by atoms with Gasteiger partial charge in [0.05, 0.1) is 11.2 Å². The van der Waals surface area contributed by atoms with Gasteiger partial charge in [0, 0.05) is 37.9 Å². The van der Waals surface area contributed by atoms with Gasteiger partial charge in [-0.1, -0.05) is 30.3 Å². The highest BCUT2D eigenvalue weighted by Gasteiger charge is 2.06. The molecule has 3 rings (SSSR count). The Kier molecular flexibility index (Phi) is 4.61. The van der Waals surface area contributed by atoms with Crippen LogP contribution >= 0.6 is 0 Å². The first-order chi connectivity index (χ1) is 11.6. The van der Waals surface area contributed by atoms with Crippen LogP contribution in [0.25, 0.3) is 10.9 Å². The maximum Gasteiger partial charge on any atom is 0.319 e. The molecule has 0 aliphatic rings. The number of carbonyl (C=O) groups is 1. The molecule has 0 aliphatic heterocycles. The second-order valence-corrected chi connectivity index (χ2v) is 5.75. The van der Waals surface area contributed by atoms with Gasteiger partial charge in [-0.05, 0) is 29.8 Å². The molecule has 0 atom stereocenters. The Morgan fingerprint density at radius 3 is 2.54 bits per heavy atom. The number of nitrogens with one attached hydrogen (secondary N) is 2. The van der Waals surface area contributed by atoms with Crippen molar-refractivity contribution in [1.29, 1.82) is 0 Å². The lowest BCUT2D eigenvalue weighted by molar-refractivity contribution is 0.252. The van der Waals surface area contributed by atoms with E-state index >= 15 is 0 Å². The first-order valence-corrected chi connectivity index (χ1v) is 7.78. The third-order valence-corrected chi connectivity index (χ3v) is 3.79. The minimum atomic E-state index is -0.246. The molecule has 0 fully saturated rings. The first kappa shape index (κ1) is 15.8.